The number of benzene rings is 1. The van der Waals surface area contributed by atoms with Gasteiger partial charge in [-0.25, -0.2) is 4.79 Å². The summed E-state index contributed by atoms with van der Waals surface area (Å²) in [6.07, 6.45) is 2.25. The summed E-state index contributed by atoms with van der Waals surface area (Å²) < 4.78 is 0. The fourth-order valence-electron chi connectivity index (χ4n) is 2.11. The summed E-state index contributed by atoms with van der Waals surface area (Å²) in [5.74, 6) is 0. The highest BCUT2D eigenvalue weighted by Gasteiger charge is 2.24. The second kappa shape index (κ2) is 5.01. The van der Waals surface area contributed by atoms with Crippen molar-refractivity contribution in [2.24, 2.45) is 0 Å². The van der Waals surface area contributed by atoms with Gasteiger partial charge in [-0.1, -0.05) is 30.3 Å². The first kappa shape index (κ1) is 11.0. The quantitative estimate of drug-likeness (QED) is 0.812. The number of carbonyl (C=O) groups is 1. The second-order valence-electron chi connectivity index (χ2n) is 4.33. The van der Waals surface area contributed by atoms with Crippen LogP contribution in [0, 0.1) is 0 Å². The first-order chi connectivity index (χ1) is 7.77. The molecule has 2 amide bonds. The number of urea groups is 1. The van der Waals surface area contributed by atoms with Gasteiger partial charge in [-0.15, -0.1) is 0 Å². The highest BCUT2D eigenvalue weighted by atomic mass is 16.2. The van der Waals surface area contributed by atoms with Gasteiger partial charge >= 0.3 is 6.03 Å². The first-order valence-electron chi connectivity index (χ1n) is 5.86. The van der Waals surface area contributed by atoms with Crippen LogP contribution in [-0.4, -0.2) is 23.5 Å². The van der Waals surface area contributed by atoms with Gasteiger partial charge in [0.15, 0.2) is 0 Å². The molecular weight excluding hydrogens is 200 g/mol. The van der Waals surface area contributed by atoms with Crippen molar-refractivity contribution in [2.75, 3.05) is 6.54 Å². The molecule has 3 nitrogen and oxygen atoms in total. The van der Waals surface area contributed by atoms with E-state index in [0.717, 1.165) is 24.9 Å². The first-order valence-corrected chi connectivity index (χ1v) is 5.86. The van der Waals surface area contributed by atoms with E-state index in [1.807, 2.05) is 35.2 Å². The highest BCUT2D eigenvalue weighted by molar-refractivity contribution is 5.74. The molecule has 16 heavy (non-hydrogen) atoms. The van der Waals surface area contributed by atoms with E-state index in [2.05, 4.69) is 12.2 Å². The van der Waals surface area contributed by atoms with Gasteiger partial charge in [-0.05, 0) is 25.3 Å². The zero-order valence-electron chi connectivity index (χ0n) is 9.65. The molecule has 2 rings (SSSR count). The van der Waals surface area contributed by atoms with Crippen LogP contribution in [0.1, 0.15) is 25.3 Å². The number of rotatable bonds is 2. The molecule has 0 aromatic heterocycles. The van der Waals surface area contributed by atoms with Gasteiger partial charge in [-0.3, -0.25) is 0 Å². The van der Waals surface area contributed by atoms with E-state index in [4.69, 9.17) is 0 Å². The van der Waals surface area contributed by atoms with E-state index in [-0.39, 0.29) is 6.03 Å². The zero-order valence-corrected chi connectivity index (χ0v) is 9.65. The van der Waals surface area contributed by atoms with Gasteiger partial charge < -0.3 is 10.2 Å². The van der Waals surface area contributed by atoms with Crippen molar-refractivity contribution in [3.05, 3.63) is 35.9 Å². The molecule has 1 aromatic rings. The molecule has 0 radical (unpaired) electrons. The second-order valence-corrected chi connectivity index (χ2v) is 4.33. The normalized spacial score (nSPS) is 19.8. The number of hydrogen-bond acceptors (Lipinski definition) is 1. The molecule has 0 spiro atoms. The standard InChI is InChI=1S/C13H18N2O/c1-11-6-5-9-15(11)13(16)14-10-12-7-3-2-4-8-12/h2-4,7-8,11H,5-6,9-10H2,1H3,(H,14,16)/t11-/m1/s1. The summed E-state index contributed by atoms with van der Waals surface area (Å²) in [7, 11) is 0. The fraction of sp³-hybridized carbons (Fsp3) is 0.462. The van der Waals surface area contributed by atoms with Crippen molar-refractivity contribution in [1.82, 2.24) is 10.2 Å². The van der Waals surface area contributed by atoms with Crippen LogP contribution in [0.4, 0.5) is 4.79 Å². The summed E-state index contributed by atoms with van der Waals surface area (Å²) in [5.41, 5.74) is 1.14. The minimum atomic E-state index is 0.0638. The monoisotopic (exact) mass is 218 g/mol. The number of likely N-dealkylation sites (tertiary alicyclic amines) is 1. The van der Waals surface area contributed by atoms with Crippen LogP contribution in [0.15, 0.2) is 30.3 Å². The number of nitrogens with zero attached hydrogens (tertiary/aromatic N) is 1. The van der Waals surface area contributed by atoms with Crippen molar-refractivity contribution in [3.8, 4) is 0 Å². The Morgan fingerprint density at radius 1 is 1.44 bits per heavy atom. The van der Waals surface area contributed by atoms with E-state index in [0.29, 0.717) is 12.6 Å². The highest BCUT2D eigenvalue weighted by Crippen LogP contribution is 2.16. The van der Waals surface area contributed by atoms with Crippen LogP contribution in [0.2, 0.25) is 0 Å². The van der Waals surface area contributed by atoms with E-state index in [1.165, 1.54) is 0 Å². The van der Waals surface area contributed by atoms with Crippen molar-refractivity contribution in [3.63, 3.8) is 0 Å². The predicted molar refractivity (Wildman–Crippen MR) is 64.1 cm³/mol. The Bertz CT molecular complexity index is 350. The molecule has 0 unspecified atom stereocenters. The summed E-state index contributed by atoms with van der Waals surface area (Å²) >= 11 is 0. The van der Waals surface area contributed by atoms with Crippen LogP contribution in [0.5, 0.6) is 0 Å². The molecule has 1 saturated heterocycles. The lowest BCUT2D eigenvalue weighted by atomic mass is 10.2. The van der Waals surface area contributed by atoms with Crippen LogP contribution in [0.25, 0.3) is 0 Å². The van der Waals surface area contributed by atoms with E-state index in [9.17, 15) is 4.79 Å². The molecule has 86 valence electrons. The molecule has 0 bridgehead atoms. The molecule has 1 aliphatic heterocycles. The molecule has 1 N–H and O–H groups in total. The van der Waals surface area contributed by atoms with Gasteiger partial charge in [0.05, 0.1) is 0 Å². The molecule has 1 fully saturated rings. The van der Waals surface area contributed by atoms with Crippen molar-refractivity contribution >= 4 is 6.03 Å². The number of carbonyl (C=O) groups excluding carboxylic acids is 1. The molecule has 1 atom stereocenters. The number of nitrogens with one attached hydrogen (secondary N) is 1. The van der Waals surface area contributed by atoms with Gasteiger partial charge in [0.2, 0.25) is 0 Å². The molecule has 1 aromatic carbocycles. The van der Waals surface area contributed by atoms with Crippen LogP contribution in [-0.2, 0) is 6.54 Å². The Morgan fingerprint density at radius 3 is 2.81 bits per heavy atom. The lowest BCUT2D eigenvalue weighted by Gasteiger charge is -2.21. The Kier molecular flexibility index (Phi) is 3.44. The van der Waals surface area contributed by atoms with Crippen molar-refractivity contribution in [2.45, 2.75) is 32.4 Å². The number of hydrogen-bond donors (Lipinski definition) is 1. The lowest BCUT2D eigenvalue weighted by molar-refractivity contribution is 0.195. The average Bonchev–Trinajstić information content (AvgIpc) is 2.74. The third-order valence-electron chi connectivity index (χ3n) is 3.10. The van der Waals surface area contributed by atoms with Gasteiger partial charge in [0.1, 0.15) is 0 Å². The fourth-order valence-corrected chi connectivity index (χ4v) is 2.11. The summed E-state index contributed by atoms with van der Waals surface area (Å²) in [6.45, 7) is 3.61. The van der Waals surface area contributed by atoms with Crippen LogP contribution < -0.4 is 5.32 Å². The number of amides is 2. The molecule has 3 heteroatoms. The Labute approximate surface area is 96.5 Å². The SMILES string of the molecule is C[C@@H]1CCCN1C(=O)NCc1ccccc1. The molecule has 0 aliphatic carbocycles. The van der Waals surface area contributed by atoms with E-state index < -0.39 is 0 Å². The maximum Gasteiger partial charge on any atom is 0.317 e. The minimum Gasteiger partial charge on any atom is -0.334 e. The van der Waals surface area contributed by atoms with E-state index in [1.54, 1.807) is 0 Å². The van der Waals surface area contributed by atoms with Crippen LogP contribution >= 0.6 is 0 Å². The molecule has 1 aliphatic rings. The zero-order chi connectivity index (χ0) is 11.4. The van der Waals surface area contributed by atoms with Gasteiger partial charge in [-0.2, -0.15) is 0 Å². The topological polar surface area (TPSA) is 32.3 Å². The molecule has 0 saturated carbocycles. The predicted octanol–water partition coefficient (Wildman–Crippen LogP) is 2.38. The average molecular weight is 218 g/mol. The molecule has 1 heterocycles. The summed E-state index contributed by atoms with van der Waals surface area (Å²) in [6, 6.07) is 10.4. The third kappa shape index (κ3) is 2.54. The summed E-state index contributed by atoms with van der Waals surface area (Å²) in [4.78, 5) is 13.8. The lowest BCUT2D eigenvalue weighted by Crippen LogP contribution is -2.41. The van der Waals surface area contributed by atoms with Crippen molar-refractivity contribution in [1.29, 1.82) is 0 Å². The maximum atomic E-state index is 11.8. The van der Waals surface area contributed by atoms with Gasteiger partial charge in [0, 0.05) is 19.1 Å². The van der Waals surface area contributed by atoms with Crippen molar-refractivity contribution < 1.29 is 4.79 Å². The Balaban J connectivity index is 1.84. The van der Waals surface area contributed by atoms with Crippen LogP contribution in [0.3, 0.4) is 0 Å². The Morgan fingerprint density at radius 2 is 2.19 bits per heavy atom. The Hall–Kier alpha value is -1.51. The van der Waals surface area contributed by atoms with E-state index >= 15 is 0 Å². The molecular formula is C13H18N2O. The van der Waals surface area contributed by atoms with Gasteiger partial charge in [0.25, 0.3) is 0 Å². The minimum absolute atomic E-state index is 0.0638. The third-order valence-corrected chi connectivity index (χ3v) is 3.10. The largest absolute Gasteiger partial charge is 0.334 e. The summed E-state index contributed by atoms with van der Waals surface area (Å²) in [5, 5.41) is 2.96. The smallest absolute Gasteiger partial charge is 0.317 e. The maximum absolute atomic E-state index is 11.8.